The van der Waals surface area contributed by atoms with Gasteiger partial charge in [0, 0.05) is 17.8 Å². The van der Waals surface area contributed by atoms with Gasteiger partial charge in [0.15, 0.2) is 0 Å². The Labute approximate surface area is 114 Å². The molecule has 0 aliphatic carbocycles. The molecule has 1 aromatic heterocycles. The number of nitrogens with zero attached hydrogens (tertiary/aromatic N) is 1. The van der Waals surface area contributed by atoms with Crippen molar-refractivity contribution in [3.63, 3.8) is 0 Å². The summed E-state index contributed by atoms with van der Waals surface area (Å²) in [5, 5.41) is 0. The maximum absolute atomic E-state index is 6.32. The highest BCUT2D eigenvalue weighted by atomic mass is 16.5. The average Bonchev–Trinajstić information content (AvgIpc) is 2.42. The molecule has 0 aliphatic heterocycles. The molecule has 1 aromatic carbocycles. The zero-order chi connectivity index (χ0) is 13.8. The number of rotatable bonds is 4. The Morgan fingerprint density at radius 3 is 2.47 bits per heavy atom. The van der Waals surface area contributed by atoms with Crippen LogP contribution in [0.5, 0.6) is 5.88 Å². The van der Waals surface area contributed by atoms with Crippen LogP contribution in [0.2, 0.25) is 0 Å². The fraction of sp³-hybridized carbons (Fsp3) is 0.312. The number of hydrogen-bond acceptors (Lipinski definition) is 3. The van der Waals surface area contributed by atoms with Gasteiger partial charge in [-0.15, -0.1) is 0 Å². The van der Waals surface area contributed by atoms with Crippen molar-refractivity contribution in [1.29, 1.82) is 0 Å². The van der Waals surface area contributed by atoms with Gasteiger partial charge in [-0.1, -0.05) is 24.3 Å². The smallest absolute Gasteiger partial charge is 0.217 e. The van der Waals surface area contributed by atoms with E-state index >= 15 is 0 Å². The van der Waals surface area contributed by atoms with E-state index in [4.69, 9.17) is 10.5 Å². The second-order valence-electron chi connectivity index (χ2n) is 4.78. The lowest BCUT2D eigenvalue weighted by Gasteiger charge is -2.17. The van der Waals surface area contributed by atoms with Crippen LogP contribution in [0.3, 0.4) is 0 Å². The highest BCUT2D eigenvalue weighted by molar-refractivity contribution is 5.37. The van der Waals surface area contributed by atoms with Crippen LogP contribution in [0.1, 0.15) is 28.3 Å². The minimum Gasteiger partial charge on any atom is -0.481 e. The molecule has 1 atom stereocenters. The average molecular weight is 256 g/mol. The largest absolute Gasteiger partial charge is 0.481 e. The van der Waals surface area contributed by atoms with Crippen molar-refractivity contribution >= 4 is 0 Å². The molecule has 19 heavy (non-hydrogen) atoms. The lowest BCUT2D eigenvalue weighted by Crippen LogP contribution is -2.16. The standard InChI is InChI=1S/C16H20N2O/c1-11-6-4-7-12(2)14(11)10-15(17)13-8-5-9-18-16(13)19-3/h4-9,15H,10,17H2,1-3H3. The predicted octanol–water partition coefficient (Wildman–Crippen LogP) is 2.95. The fourth-order valence-electron chi connectivity index (χ4n) is 2.36. The first-order valence-electron chi connectivity index (χ1n) is 6.43. The first-order chi connectivity index (χ1) is 9.13. The fourth-order valence-corrected chi connectivity index (χ4v) is 2.36. The van der Waals surface area contributed by atoms with Crippen LogP contribution in [-0.4, -0.2) is 12.1 Å². The van der Waals surface area contributed by atoms with E-state index in [0.29, 0.717) is 5.88 Å². The first-order valence-corrected chi connectivity index (χ1v) is 6.43. The number of ether oxygens (including phenoxy) is 1. The Morgan fingerprint density at radius 2 is 1.84 bits per heavy atom. The summed E-state index contributed by atoms with van der Waals surface area (Å²) in [5.41, 5.74) is 11.1. The van der Waals surface area contributed by atoms with Crippen LogP contribution < -0.4 is 10.5 Å². The normalized spacial score (nSPS) is 12.2. The number of aryl methyl sites for hydroxylation is 2. The van der Waals surface area contributed by atoms with Gasteiger partial charge in [0.1, 0.15) is 0 Å². The minimum absolute atomic E-state index is 0.108. The van der Waals surface area contributed by atoms with Crippen LogP contribution in [-0.2, 0) is 6.42 Å². The topological polar surface area (TPSA) is 48.1 Å². The van der Waals surface area contributed by atoms with Crippen molar-refractivity contribution < 1.29 is 4.74 Å². The molecule has 0 bridgehead atoms. The number of methoxy groups -OCH3 is 1. The molecule has 1 unspecified atom stereocenters. The van der Waals surface area contributed by atoms with Gasteiger partial charge in [-0.2, -0.15) is 0 Å². The highest BCUT2D eigenvalue weighted by Crippen LogP contribution is 2.25. The van der Waals surface area contributed by atoms with Gasteiger partial charge in [0.2, 0.25) is 5.88 Å². The van der Waals surface area contributed by atoms with Gasteiger partial charge in [0.25, 0.3) is 0 Å². The lowest BCUT2D eigenvalue weighted by atomic mass is 9.94. The number of pyridine rings is 1. The summed E-state index contributed by atoms with van der Waals surface area (Å²) in [7, 11) is 1.62. The molecule has 3 heteroatoms. The summed E-state index contributed by atoms with van der Waals surface area (Å²) in [6, 6.07) is 10.1. The second kappa shape index (κ2) is 5.85. The maximum Gasteiger partial charge on any atom is 0.217 e. The molecule has 100 valence electrons. The first kappa shape index (κ1) is 13.6. The Balaban J connectivity index is 2.28. The van der Waals surface area contributed by atoms with E-state index < -0.39 is 0 Å². The molecule has 2 rings (SSSR count). The summed E-state index contributed by atoms with van der Waals surface area (Å²) in [6.07, 6.45) is 2.51. The van der Waals surface area contributed by atoms with Gasteiger partial charge < -0.3 is 10.5 Å². The lowest BCUT2D eigenvalue weighted by molar-refractivity contribution is 0.388. The van der Waals surface area contributed by atoms with Crippen molar-refractivity contribution in [2.24, 2.45) is 5.73 Å². The number of hydrogen-bond donors (Lipinski definition) is 1. The monoisotopic (exact) mass is 256 g/mol. The molecule has 0 saturated carbocycles. The van der Waals surface area contributed by atoms with E-state index in [2.05, 4.69) is 37.0 Å². The summed E-state index contributed by atoms with van der Waals surface area (Å²) in [5.74, 6) is 0.612. The summed E-state index contributed by atoms with van der Waals surface area (Å²) < 4.78 is 5.27. The van der Waals surface area contributed by atoms with Crippen molar-refractivity contribution in [3.8, 4) is 5.88 Å². The molecule has 0 saturated heterocycles. The molecule has 0 fully saturated rings. The number of aromatic nitrogens is 1. The molecule has 0 radical (unpaired) electrons. The Hall–Kier alpha value is -1.87. The summed E-state index contributed by atoms with van der Waals surface area (Å²) in [6.45, 7) is 4.24. The van der Waals surface area contributed by atoms with Crippen molar-refractivity contribution in [1.82, 2.24) is 4.98 Å². The van der Waals surface area contributed by atoms with E-state index in [-0.39, 0.29) is 6.04 Å². The van der Waals surface area contributed by atoms with Crippen LogP contribution in [0.15, 0.2) is 36.5 Å². The maximum atomic E-state index is 6.32. The van der Waals surface area contributed by atoms with Gasteiger partial charge in [-0.05, 0) is 43.0 Å². The van der Waals surface area contributed by atoms with Crippen LogP contribution in [0.4, 0.5) is 0 Å². The molecular formula is C16H20N2O. The quantitative estimate of drug-likeness (QED) is 0.915. The molecule has 0 spiro atoms. The molecule has 0 aliphatic rings. The van der Waals surface area contributed by atoms with E-state index in [1.807, 2.05) is 12.1 Å². The summed E-state index contributed by atoms with van der Waals surface area (Å²) in [4.78, 5) is 4.20. The van der Waals surface area contributed by atoms with Crippen LogP contribution in [0, 0.1) is 13.8 Å². The van der Waals surface area contributed by atoms with Gasteiger partial charge >= 0.3 is 0 Å². The number of nitrogens with two attached hydrogens (primary N) is 1. The molecule has 1 heterocycles. The van der Waals surface area contributed by atoms with E-state index in [1.165, 1.54) is 16.7 Å². The number of benzene rings is 1. The van der Waals surface area contributed by atoms with Gasteiger partial charge in [0.05, 0.1) is 7.11 Å². The Morgan fingerprint density at radius 1 is 1.16 bits per heavy atom. The minimum atomic E-state index is -0.108. The third kappa shape index (κ3) is 2.93. The van der Waals surface area contributed by atoms with E-state index in [1.54, 1.807) is 13.3 Å². The molecule has 3 nitrogen and oxygen atoms in total. The Bertz CT molecular complexity index is 546. The van der Waals surface area contributed by atoms with Crippen molar-refractivity contribution in [2.45, 2.75) is 26.3 Å². The predicted molar refractivity (Wildman–Crippen MR) is 77.3 cm³/mol. The van der Waals surface area contributed by atoms with Gasteiger partial charge in [-0.25, -0.2) is 4.98 Å². The Kier molecular flexibility index (Phi) is 4.17. The third-order valence-electron chi connectivity index (χ3n) is 3.46. The van der Waals surface area contributed by atoms with Crippen molar-refractivity contribution in [3.05, 3.63) is 58.8 Å². The van der Waals surface area contributed by atoms with E-state index in [9.17, 15) is 0 Å². The van der Waals surface area contributed by atoms with Crippen LogP contribution in [0.25, 0.3) is 0 Å². The molecular weight excluding hydrogens is 236 g/mol. The highest BCUT2D eigenvalue weighted by Gasteiger charge is 2.15. The van der Waals surface area contributed by atoms with Crippen molar-refractivity contribution in [2.75, 3.05) is 7.11 Å². The molecule has 2 N–H and O–H groups in total. The van der Waals surface area contributed by atoms with Crippen LogP contribution >= 0.6 is 0 Å². The summed E-state index contributed by atoms with van der Waals surface area (Å²) >= 11 is 0. The zero-order valence-corrected chi connectivity index (χ0v) is 11.7. The molecule has 2 aromatic rings. The SMILES string of the molecule is COc1ncccc1C(N)Cc1c(C)cccc1C. The third-order valence-corrected chi connectivity index (χ3v) is 3.46. The van der Waals surface area contributed by atoms with E-state index in [0.717, 1.165) is 12.0 Å². The second-order valence-corrected chi connectivity index (χ2v) is 4.78. The van der Waals surface area contributed by atoms with Gasteiger partial charge in [-0.3, -0.25) is 0 Å². The molecule has 0 amide bonds. The zero-order valence-electron chi connectivity index (χ0n) is 11.7.